The van der Waals surface area contributed by atoms with Crippen molar-refractivity contribution in [1.29, 1.82) is 0 Å². The molecular weight excluding hydrogens is 432 g/mol. The second kappa shape index (κ2) is 9.41. The maximum absolute atomic E-state index is 5.95. The van der Waals surface area contributed by atoms with Crippen molar-refractivity contribution in [2.45, 2.75) is 58.4 Å². The van der Waals surface area contributed by atoms with Crippen molar-refractivity contribution in [3.63, 3.8) is 0 Å². The molecule has 2 aromatic heterocycles. The Morgan fingerprint density at radius 1 is 1.03 bits per heavy atom. The molecule has 8 heteroatoms. The summed E-state index contributed by atoms with van der Waals surface area (Å²) in [5.74, 6) is 2.72. The van der Waals surface area contributed by atoms with Crippen molar-refractivity contribution < 1.29 is 4.42 Å². The van der Waals surface area contributed by atoms with E-state index >= 15 is 0 Å². The molecule has 0 N–H and O–H groups in total. The molecular formula is C25H28N6OS. The zero-order valence-corrected chi connectivity index (χ0v) is 19.8. The molecule has 0 amide bonds. The van der Waals surface area contributed by atoms with Crippen molar-refractivity contribution in [2.24, 2.45) is 0 Å². The molecule has 0 radical (unpaired) electrons. The van der Waals surface area contributed by atoms with E-state index in [0.717, 1.165) is 22.7 Å². The van der Waals surface area contributed by atoms with Gasteiger partial charge in [0.2, 0.25) is 11.8 Å². The van der Waals surface area contributed by atoms with E-state index < -0.39 is 0 Å². The number of nitrogens with zero attached hydrogens (tertiary/aromatic N) is 6. The Labute approximate surface area is 198 Å². The van der Waals surface area contributed by atoms with Gasteiger partial charge in [-0.2, -0.15) is 5.10 Å². The molecule has 1 saturated carbocycles. The lowest BCUT2D eigenvalue weighted by atomic mass is 10.2. The molecule has 2 heterocycles. The molecule has 5 rings (SSSR count). The van der Waals surface area contributed by atoms with Crippen LogP contribution in [0.3, 0.4) is 0 Å². The third-order valence-corrected chi connectivity index (χ3v) is 6.38. The van der Waals surface area contributed by atoms with Gasteiger partial charge in [-0.1, -0.05) is 48.5 Å². The fourth-order valence-electron chi connectivity index (χ4n) is 3.86. The Hall–Kier alpha value is -3.10. The maximum Gasteiger partial charge on any atom is 0.247 e. The summed E-state index contributed by atoms with van der Waals surface area (Å²) in [6, 6.07) is 20.5. The summed E-state index contributed by atoms with van der Waals surface area (Å²) in [5, 5.41) is 13.5. The molecule has 2 aromatic carbocycles. The highest BCUT2D eigenvalue weighted by Gasteiger charge is 2.30. The second-order valence-corrected chi connectivity index (χ2v) is 9.20. The van der Waals surface area contributed by atoms with Crippen molar-refractivity contribution in [3.05, 3.63) is 82.7 Å². The minimum atomic E-state index is 0.252. The van der Waals surface area contributed by atoms with Crippen LogP contribution in [0.2, 0.25) is 0 Å². The molecule has 4 aromatic rings. The van der Waals surface area contributed by atoms with Crippen LogP contribution < -0.4 is 0 Å². The lowest BCUT2D eigenvalue weighted by Gasteiger charge is -2.24. The van der Waals surface area contributed by atoms with Crippen LogP contribution >= 0.6 is 12.2 Å². The average molecular weight is 461 g/mol. The second-order valence-electron chi connectivity index (χ2n) is 8.84. The molecule has 1 fully saturated rings. The van der Waals surface area contributed by atoms with Crippen LogP contribution in [-0.4, -0.2) is 35.5 Å². The number of benzene rings is 2. The average Bonchev–Trinajstić information content (AvgIpc) is 3.50. The molecule has 0 saturated heterocycles. The Balaban J connectivity index is 1.37. The van der Waals surface area contributed by atoms with Gasteiger partial charge in [0.05, 0.1) is 19.8 Å². The van der Waals surface area contributed by atoms with Gasteiger partial charge >= 0.3 is 0 Å². The van der Waals surface area contributed by atoms with E-state index in [4.69, 9.17) is 21.7 Å². The minimum Gasteiger partial charge on any atom is -0.419 e. The van der Waals surface area contributed by atoms with E-state index in [2.05, 4.69) is 57.8 Å². The summed E-state index contributed by atoms with van der Waals surface area (Å²) in [7, 11) is 0. The highest BCUT2D eigenvalue weighted by Crippen LogP contribution is 2.39. The van der Waals surface area contributed by atoms with Crippen LogP contribution in [0.15, 0.2) is 65.1 Å². The van der Waals surface area contributed by atoms with Crippen molar-refractivity contribution in [2.75, 3.05) is 0 Å². The molecule has 0 unspecified atom stereocenters. The van der Waals surface area contributed by atoms with E-state index in [-0.39, 0.29) is 6.04 Å². The quantitative estimate of drug-likeness (QED) is 0.318. The molecule has 0 aliphatic heterocycles. The fraction of sp³-hybridized carbons (Fsp3) is 0.360. The van der Waals surface area contributed by atoms with Crippen LogP contribution in [0.4, 0.5) is 0 Å². The van der Waals surface area contributed by atoms with Crippen LogP contribution in [0.25, 0.3) is 11.5 Å². The van der Waals surface area contributed by atoms with Crippen molar-refractivity contribution in [3.8, 4) is 11.5 Å². The van der Waals surface area contributed by atoms with Crippen LogP contribution in [0.5, 0.6) is 0 Å². The van der Waals surface area contributed by atoms with E-state index in [1.54, 1.807) is 0 Å². The maximum atomic E-state index is 5.95. The van der Waals surface area contributed by atoms with Crippen molar-refractivity contribution in [1.82, 2.24) is 29.4 Å². The lowest BCUT2D eigenvalue weighted by molar-refractivity contribution is 0.139. The van der Waals surface area contributed by atoms with Crippen LogP contribution in [-0.2, 0) is 19.8 Å². The van der Waals surface area contributed by atoms with Gasteiger partial charge in [-0.15, -0.1) is 10.2 Å². The first-order valence-electron chi connectivity index (χ1n) is 11.4. The largest absolute Gasteiger partial charge is 0.419 e. The number of hydrogen-bond acceptors (Lipinski definition) is 6. The normalized spacial score (nSPS) is 13.8. The molecule has 7 nitrogen and oxygen atoms in total. The summed E-state index contributed by atoms with van der Waals surface area (Å²) in [4.78, 5) is 2.24. The van der Waals surface area contributed by atoms with E-state index in [9.17, 15) is 0 Å². The minimum absolute atomic E-state index is 0.252. The lowest BCUT2D eigenvalue weighted by Crippen LogP contribution is -2.33. The van der Waals surface area contributed by atoms with Crippen LogP contribution in [0, 0.1) is 4.77 Å². The molecule has 0 bridgehead atoms. The molecule has 170 valence electrons. The SMILES string of the molecule is CC(C)N(Cc1nnc(-c2ccccc2)o1)Cn1nc(C2CC2)n(Cc2ccccc2)c1=S. The predicted molar refractivity (Wildman–Crippen MR) is 129 cm³/mol. The third kappa shape index (κ3) is 4.96. The fourth-order valence-corrected chi connectivity index (χ4v) is 4.12. The number of rotatable bonds is 9. The topological polar surface area (TPSA) is 64.9 Å². The van der Waals surface area contributed by atoms with Crippen LogP contribution in [0.1, 0.15) is 49.9 Å². The summed E-state index contributed by atoms with van der Waals surface area (Å²) >= 11 is 5.88. The number of hydrogen-bond donors (Lipinski definition) is 0. The standard InChI is InChI=1S/C25H28N6OS/c1-18(2)29(16-22-26-27-24(32-22)21-11-7-4-8-12-21)17-31-25(33)30(23(28-31)20-13-14-20)15-19-9-5-3-6-10-19/h3-12,18,20H,13-17H2,1-2H3. The molecule has 1 aliphatic carbocycles. The van der Waals surface area contributed by atoms with Gasteiger partial charge in [0, 0.05) is 17.5 Å². The predicted octanol–water partition coefficient (Wildman–Crippen LogP) is 5.26. The van der Waals surface area contributed by atoms with Gasteiger partial charge in [-0.25, -0.2) is 4.68 Å². The summed E-state index contributed by atoms with van der Waals surface area (Å²) in [6.45, 7) is 6.16. The Morgan fingerprint density at radius 3 is 2.39 bits per heavy atom. The van der Waals surface area contributed by atoms with E-state index in [1.807, 2.05) is 41.1 Å². The van der Waals surface area contributed by atoms with Gasteiger partial charge in [-0.05, 0) is 56.6 Å². The van der Waals surface area contributed by atoms with E-state index in [1.165, 1.54) is 18.4 Å². The third-order valence-electron chi connectivity index (χ3n) is 5.95. The zero-order valence-electron chi connectivity index (χ0n) is 19.0. The Bertz CT molecular complexity index is 1260. The first-order chi connectivity index (χ1) is 16.1. The smallest absolute Gasteiger partial charge is 0.247 e. The molecule has 1 aliphatic rings. The molecule has 0 atom stereocenters. The Kier molecular flexibility index (Phi) is 6.20. The monoisotopic (exact) mass is 460 g/mol. The highest BCUT2D eigenvalue weighted by atomic mass is 32.1. The van der Waals surface area contributed by atoms with E-state index in [0.29, 0.717) is 30.9 Å². The number of aromatic nitrogens is 5. The first-order valence-corrected chi connectivity index (χ1v) is 11.8. The summed E-state index contributed by atoms with van der Waals surface area (Å²) in [6.07, 6.45) is 2.36. The van der Waals surface area contributed by atoms with Gasteiger partial charge in [-0.3, -0.25) is 9.47 Å². The van der Waals surface area contributed by atoms with Gasteiger partial charge in [0.25, 0.3) is 0 Å². The Morgan fingerprint density at radius 2 is 1.73 bits per heavy atom. The first kappa shape index (κ1) is 21.7. The van der Waals surface area contributed by atoms with Gasteiger partial charge in [0.1, 0.15) is 5.82 Å². The van der Waals surface area contributed by atoms with Gasteiger partial charge in [0.15, 0.2) is 4.77 Å². The van der Waals surface area contributed by atoms with Crippen molar-refractivity contribution >= 4 is 12.2 Å². The zero-order chi connectivity index (χ0) is 22.8. The summed E-state index contributed by atoms with van der Waals surface area (Å²) in [5.41, 5.74) is 2.15. The highest BCUT2D eigenvalue weighted by molar-refractivity contribution is 7.71. The summed E-state index contributed by atoms with van der Waals surface area (Å²) < 4.78 is 10.8. The van der Waals surface area contributed by atoms with Gasteiger partial charge < -0.3 is 4.42 Å². The molecule has 0 spiro atoms. The molecule has 33 heavy (non-hydrogen) atoms.